The lowest BCUT2D eigenvalue weighted by Crippen LogP contribution is -2.40. The average molecular weight is 326 g/mol. The summed E-state index contributed by atoms with van der Waals surface area (Å²) in [6.07, 6.45) is 2.73. The van der Waals surface area contributed by atoms with Crippen molar-refractivity contribution < 1.29 is 18.0 Å². The van der Waals surface area contributed by atoms with Crippen LogP contribution >= 0.6 is 0 Å². The first-order valence-corrected chi connectivity index (χ1v) is 8.21. The third kappa shape index (κ3) is 3.42. The van der Waals surface area contributed by atoms with E-state index in [9.17, 15) is 18.0 Å². The standard InChI is InChI=1S/C13H18N4O4S/c1-10(18)16-5-6-17(9-11(8-16)13(14)19)22(20,21)12-3-2-4-15-7-12/h2-4,7,11H,5-6,8-9H2,1H3,(H2,14,19)/t11-/m0/s1. The lowest BCUT2D eigenvalue weighted by molar-refractivity contribution is -0.130. The van der Waals surface area contributed by atoms with Crippen LogP contribution in [0.5, 0.6) is 0 Å². The number of hydrogen-bond donors (Lipinski definition) is 1. The van der Waals surface area contributed by atoms with Crippen LogP contribution in [0.2, 0.25) is 0 Å². The van der Waals surface area contributed by atoms with Crippen molar-refractivity contribution in [1.82, 2.24) is 14.2 Å². The van der Waals surface area contributed by atoms with Gasteiger partial charge in [-0.15, -0.1) is 0 Å². The smallest absolute Gasteiger partial charge is 0.244 e. The number of pyridine rings is 1. The van der Waals surface area contributed by atoms with Crippen molar-refractivity contribution in [2.24, 2.45) is 11.7 Å². The molecular formula is C13H18N4O4S. The van der Waals surface area contributed by atoms with Gasteiger partial charge in [0.25, 0.3) is 0 Å². The second-order valence-electron chi connectivity index (χ2n) is 5.12. The molecule has 0 spiro atoms. The summed E-state index contributed by atoms with van der Waals surface area (Å²) >= 11 is 0. The normalized spacial score (nSPS) is 20.4. The number of carbonyl (C=O) groups is 2. The zero-order valence-electron chi connectivity index (χ0n) is 12.2. The molecule has 120 valence electrons. The van der Waals surface area contributed by atoms with Gasteiger partial charge in [-0.1, -0.05) is 0 Å². The number of aromatic nitrogens is 1. The Labute approximate surface area is 129 Å². The lowest BCUT2D eigenvalue weighted by atomic mass is 10.1. The van der Waals surface area contributed by atoms with E-state index in [1.54, 1.807) is 0 Å². The van der Waals surface area contributed by atoms with Crippen molar-refractivity contribution in [3.05, 3.63) is 24.5 Å². The van der Waals surface area contributed by atoms with Gasteiger partial charge in [0.05, 0.1) is 5.92 Å². The maximum absolute atomic E-state index is 12.6. The first-order chi connectivity index (χ1) is 10.3. The number of rotatable bonds is 3. The Hall–Kier alpha value is -2.00. The summed E-state index contributed by atoms with van der Waals surface area (Å²) in [6, 6.07) is 2.97. The quantitative estimate of drug-likeness (QED) is 0.768. The largest absolute Gasteiger partial charge is 0.369 e. The predicted octanol–water partition coefficient (Wildman–Crippen LogP) is -0.964. The molecule has 1 aliphatic heterocycles. The fourth-order valence-corrected chi connectivity index (χ4v) is 3.76. The van der Waals surface area contributed by atoms with Crippen molar-refractivity contribution in [3.63, 3.8) is 0 Å². The molecule has 0 radical (unpaired) electrons. The summed E-state index contributed by atoms with van der Waals surface area (Å²) in [4.78, 5) is 28.4. The van der Waals surface area contributed by atoms with Crippen LogP contribution in [-0.4, -0.2) is 60.6 Å². The number of nitrogens with zero attached hydrogens (tertiary/aromatic N) is 3. The molecule has 0 bridgehead atoms. The fraction of sp³-hybridized carbons (Fsp3) is 0.462. The highest BCUT2D eigenvalue weighted by molar-refractivity contribution is 7.89. The van der Waals surface area contributed by atoms with Gasteiger partial charge in [-0.25, -0.2) is 8.42 Å². The number of carbonyl (C=O) groups excluding carboxylic acids is 2. The molecule has 0 aromatic carbocycles. The van der Waals surface area contributed by atoms with Crippen molar-refractivity contribution in [1.29, 1.82) is 0 Å². The summed E-state index contributed by atoms with van der Waals surface area (Å²) in [5.74, 6) is -1.58. The van der Waals surface area contributed by atoms with E-state index < -0.39 is 21.8 Å². The minimum absolute atomic E-state index is 0.0453. The van der Waals surface area contributed by atoms with Crippen LogP contribution in [0.1, 0.15) is 6.92 Å². The Kier molecular flexibility index (Phi) is 4.77. The molecule has 2 amide bonds. The maximum atomic E-state index is 12.6. The van der Waals surface area contributed by atoms with Gasteiger partial charge in [0.15, 0.2) is 0 Å². The van der Waals surface area contributed by atoms with E-state index in [2.05, 4.69) is 4.98 Å². The topological polar surface area (TPSA) is 114 Å². The first-order valence-electron chi connectivity index (χ1n) is 6.77. The molecule has 22 heavy (non-hydrogen) atoms. The molecular weight excluding hydrogens is 308 g/mol. The van der Waals surface area contributed by atoms with Gasteiger partial charge in [-0.2, -0.15) is 4.31 Å². The SMILES string of the molecule is CC(=O)N1CCN(S(=O)(=O)c2cccnc2)C[C@@H](C(N)=O)C1. The summed E-state index contributed by atoms with van der Waals surface area (Å²) in [5.41, 5.74) is 5.33. The molecule has 2 N–H and O–H groups in total. The Morgan fingerprint density at radius 1 is 1.32 bits per heavy atom. The number of primary amides is 1. The Morgan fingerprint density at radius 3 is 2.59 bits per heavy atom. The minimum atomic E-state index is -3.78. The van der Waals surface area contributed by atoms with Crippen LogP contribution in [0.15, 0.2) is 29.4 Å². The van der Waals surface area contributed by atoms with Crippen LogP contribution in [0.3, 0.4) is 0 Å². The third-order valence-corrected chi connectivity index (χ3v) is 5.45. The van der Waals surface area contributed by atoms with Crippen molar-refractivity contribution in [2.45, 2.75) is 11.8 Å². The molecule has 8 nitrogen and oxygen atoms in total. The first kappa shape index (κ1) is 16.4. The van der Waals surface area contributed by atoms with Crippen LogP contribution in [-0.2, 0) is 19.6 Å². The zero-order chi connectivity index (χ0) is 16.3. The molecule has 0 unspecified atom stereocenters. The second-order valence-corrected chi connectivity index (χ2v) is 7.05. The Balaban J connectivity index is 2.31. The number of nitrogens with two attached hydrogens (primary N) is 1. The maximum Gasteiger partial charge on any atom is 0.244 e. The Morgan fingerprint density at radius 2 is 2.05 bits per heavy atom. The van der Waals surface area contributed by atoms with Crippen LogP contribution in [0.4, 0.5) is 0 Å². The van der Waals surface area contributed by atoms with Gasteiger partial charge in [0.1, 0.15) is 4.90 Å². The highest BCUT2D eigenvalue weighted by atomic mass is 32.2. The van der Waals surface area contributed by atoms with E-state index >= 15 is 0 Å². The molecule has 1 aromatic heterocycles. The molecule has 2 heterocycles. The number of sulfonamides is 1. The molecule has 0 aliphatic carbocycles. The van der Waals surface area contributed by atoms with Crippen LogP contribution in [0, 0.1) is 5.92 Å². The summed E-state index contributed by atoms with van der Waals surface area (Å²) in [7, 11) is -3.78. The molecule has 1 saturated heterocycles. The van der Waals surface area contributed by atoms with Gasteiger partial charge in [-0.3, -0.25) is 14.6 Å². The second kappa shape index (κ2) is 6.41. The van der Waals surface area contributed by atoms with Crippen molar-refractivity contribution >= 4 is 21.8 Å². The highest BCUT2D eigenvalue weighted by Gasteiger charge is 2.34. The van der Waals surface area contributed by atoms with Gasteiger partial charge >= 0.3 is 0 Å². The van der Waals surface area contributed by atoms with Crippen LogP contribution < -0.4 is 5.73 Å². The van der Waals surface area contributed by atoms with E-state index in [1.807, 2.05) is 0 Å². The van der Waals surface area contributed by atoms with Gasteiger partial charge in [0.2, 0.25) is 21.8 Å². The van der Waals surface area contributed by atoms with Gasteiger partial charge < -0.3 is 10.6 Å². The van der Waals surface area contributed by atoms with Gasteiger partial charge in [-0.05, 0) is 12.1 Å². The third-order valence-electron chi connectivity index (χ3n) is 3.60. The summed E-state index contributed by atoms with van der Waals surface area (Å²) in [6.45, 7) is 1.79. The number of amides is 2. The van der Waals surface area contributed by atoms with E-state index in [-0.39, 0.29) is 37.0 Å². The van der Waals surface area contributed by atoms with E-state index in [0.29, 0.717) is 0 Å². The van der Waals surface area contributed by atoms with E-state index in [1.165, 1.54) is 40.7 Å². The molecule has 1 aromatic rings. The fourth-order valence-electron chi connectivity index (χ4n) is 2.32. The summed E-state index contributed by atoms with van der Waals surface area (Å²) in [5, 5.41) is 0. The number of hydrogen-bond acceptors (Lipinski definition) is 5. The predicted molar refractivity (Wildman–Crippen MR) is 77.9 cm³/mol. The van der Waals surface area contributed by atoms with Crippen LogP contribution in [0.25, 0.3) is 0 Å². The molecule has 9 heteroatoms. The monoisotopic (exact) mass is 326 g/mol. The molecule has 1 atom stereocenters. The Bertz CT molecular complexity index is 662. The molecule has 0 saturated carbocycles. The summed E-state index contributed by atoms with van der Waals surface area (Å²) < 4.78 is 26.4. The lowest BCUT2D eigenvalue weighted by Gasteiger charge is -2.21. The average Bonchev–Trinajstić information content (AvgIpc) is 2.71. The van der Waals surface area contributed by atoms with E-state index in [4.69, 9.17) is 5.73 Å². The van der Waals surface area contributed by atoms with Crippen molar-refractivity contribution in [3.8, 4) is 0 Å². The molecule has 1 aliphatic rings. The zero-order valence-corrected chi connectivity index (χ0v) is 13.0. The minimum Gasteiger partial charge on any atom is -0.369 e. The molecule has 2 rings (SSSR count). The van der Waals surface area contributed by atoms with Crippen molar-refractivity contribution in [2.75, 3.05) is 26.2 Å². The van der Waals surface area contributed by atoms with Gasteiger partial charge in [0, 0.05) is 45.5 Å². The highest BCUT2D eigenvalue weighted by Crippen LogP contribution is 2.19. The molecule has 1 fully saturated rings. The van der Waals surface area contributed by atoms with E-state index in [0.717, 1.165) is 0 Å².